The second-order valence-electron chi connectivity index (χ2n) is 4.68. The van der Waals surface area contributed by atoms with Crippen molar-refractivity contribution in [1.82, 2.24) is 0 Å². The van der Waals surface area contributed by atoms with E-state index >= 15 is 0 Å². The summed E-state index contributed by atoms with van der Waals surface area (Å²) in [5, 5.41) is 2.95. The average Bonchev–Trinajstić information content (AvgIpc) is 2.45. The van der Waals surface area contributed by atoms with Crippen LogP contribution in [0, 0.1) is 18.6 Å². The quantitative estimate of drug-likeness (QED) is 0.327. The molecule has 124 valence electrons. The van der Waals surface area contributed by atoms with Crippen LogP contribution >= 0.6 is 24.0 Å². The maximum Gasteiger partial charge on any atom is 0.193 e. The Labute approximate surface area is 150 Å². The van der Waals surface area contributed by atoms with E-state index in [0.29, 0.717) is 0 Å². The Morgan fingerprint density at radius 3 is 2.70 bits per heavy atom. The van der Waals surface area contributed by atoms with E-state index in [0.717, 1.165) is 23.4 Å². The Morgan fingerprint density at radius 1 is 1.22 bits per heavy atom. The predicted octanol–water partition coefficient (Wildman–Crippen LogP) is 3.70. The van der Waals surface area contributed by atoms with Crippen molar-refractivity contribution in [1.29, 1.82) is 0 Å². The summed E-state index contributed by atoms with van der Waals surface area (Å²) in [6.07, 6.45) is 0. The number of benzene rings is 2. The molecular formula is C16H18F2IN3O. The third-order valence-corrected chi connectivity index (χ3v) is 2.82. The molecule has 0 aliphatic rings. The third kappa shape index (κ3) is 6.39. The molecule has 0 fully saturated rings. The van der Waals surface area contributed by atoms with Gasteiger partial charge in [-0.3, -0.25) is 0 Å². The van der Waals surface area contributed by atoms with E-state index in [9.17, 15) is 8.78 Å². The average molecular weight is 433 g/mol. The number of ether oxygens (including phenoxy) is 1. The van der Waals surface area contributed by atoms with Crippen molar-refractivity contribution in [3.05, 3.63) is 59.7 Å². The fraction of sp³-hybridized carbons (Fsp3) is 0.188. The Balaban J connectivity index is 0.00000264. The van der Waals surface area contributed by atoms with Gasteiger partial charge in [-0.25, -0.2) is 13.8 Å². The maximum atomic E-state index is 13.3. The first-order valence-electron chi connectivity index (χ1n) is 6.76. The van der Waals surface area contributed by atoms with Crippen LogP contribution in [-0.4, -0.2) is 19.1 Å². The summed E-state index contributed by atoms with van der Waals surface area (Å²) >= 11 is 0. The van der Waals surface area contributed by atoms with Gasteiger partial charge in [-0.05, 0) is 36.8 Å². The molecule has 0 radical (unpaired) electrons. The van der Waals surface area contributed by atoms with E-state index in [4.69, 9.17) is 10.5 Å². The Kier molecular flexibility index (Phi) is 7.73. The highest BCUT2D eigenvalue weighted by molar-refractivity contribution is 14.0. The van der Waals surface area contributed by atoms with Crippen molar-refractivity contribution in [3.63, 3.8) is 0 Å². The Bertz CT molecular complexity index is 680. The zero-order valence-corrected chi connectivity index (χ0v) is 14.9. The highest BCUT2D eigenvalue weighted by Crippen LogP contribution is 2.17. The lowest BCUT2D eigenvalue weighted by Crippen LogP contribution is -2.23. The van der Waals surface area contributed by atoms with Crippen LogP contribution < -0.4 is 15.8 Å². The number of aliphatic imine (C=N–C) groups is 1. The Morgan fingerprint density at radius 2 is 2.00 bits per heavy atom. The minimum Gasteiger partial charge on any atom is -0.489 e. The fourth-order valence-electron chi connectivity index (χ4n) is 1.82. The van der Waals surface area contributed by atoms with E-state index < -0.39 is 11.6 Å². The molecular weight excluding hydrogens is 415 g/mol. The monoisotopic (exact) mass is 433 g/mol. The van der Waals surface area contributed by atoms with Gasteiger partial charge in [0.15, 0.2) is 17.5 Å². The SMILES string of the molecule is Cc1cccc(NC(N)=NCCOc2ccc(F)cc2F)c1.I. The second kappa shape index (κ2) is 9.29. The molecule has 0 saturated heterocycles. The lowest BCUT2D eigenvalue weighted by atomic mass is 10.2. The van der Waals surface area contributed by atoms with Crippen LogP contribution in [0.2, 0.25) is 0 Å². The van der Waals surface area contributed by atoms with Crippen molar-refractivity contribution < 1.29 is 13.5 Å². The lowest BCUT2D eigenvalue weighted by Gasteiger charge is -2.08. The normalized spacial score (nSPS) is 10.8. The summed E-state index contributed by atoms with van der Waals surface area (Å²) in [5.74, 6) is -1.15. The zero-order valence-electron chi connectivity index (χ0n) is 12.6. The van der Waals surface area contributed by atoms with Gasteiger partial charge in [0, 0.05) is 11.8 Å². The number of halogens is 3. The van der Waals surface area contributed by atoms with Gasteiger partial charge in [0.1, 0.15) is 12.4 Å². The number of guanidine groups is 1. The molecule has 4 nitrogen and oxygen atoms in total. The first-order valence-corrected chi connectivity index (χ1v) is 6.76. The number of hydrogen-bond donors (Lipinski definition) is 2. The summed E-state index contributed by atoms with van der Waals surface area (Å²) < 4.78 is 31.2. The lowest BCUT2D eigenvalue weighted by molar-refractivity contribution is 0.310. The number of anilines is 1. The largest absolute Gasteiger partial charge is 0.489 e. The van der Waals surface area contributed by atoms with Gasteiger partial charge in [0.2, 0.25) is 0 Å². The summed E-state index contributed by atoms with van der Waals surface area (Å²) in [7, 11) is 0. The number of aryl methyl sites for hydroxylation is 1. The molecule has 0 saturated carbocycles. The third-order valence-electron chi connectivity index (χ3n) is 2.82. The summed E-state index contributed by atoms with van der Waals surface area (Å²) in [4.78, 5) is 4.07. The van der Waals surface area contributed by atoms with Gasteiger partial charge in [-0.15, -0.1) is 24.0 Å². The van der Waals surface area contributed by atoms with E-state index in [-0.39, 0.29) is 48.8 Å². The van der Waals surface area contributed by atoms with Crippen molar-refractivity contribution in [2.75, 3.05) is 18.5 Å². The molecule has 0 heterocycles. The van der Waals surface area contributed by atoms with E-state index in [1.165, 1.54) is 6.07 Å². The molecule has 0 bridgehead atoms. The fourth-order valence-corrected chi connectivity index (χ4v) is 1.82. The van der Waals surface area contributed by atoms with Crippen molar-refractivity contribution >= 4 is 35.6 Å². The Hall–Kier alpha value is -1.90. The molecule has 0 aliphatic heterocycles. The van der Waals surface area contributed by atoms with Gasteiger partial charge >= 0.3 is 0 Å². The molecule has 0 amide bonds. The topological polar surface area (TPSA) is 59.6 Å². The molecule has 0 aliphatic carbocycles. The molecule has 2 rings (SSSR count). The van der Waals surface area contributed by atoms with Gasteiger partial charge in [-0.1, -0.05) is 12.1 Å². The summed E-state index contributed by atoms with van der Waals surface area (Å²) in [6.45, 7) is 2.36. The number of nitrogens with zero attached hydrogens (tertiary/aromatic N) is 1. The number of nitrogens with two attached hydrogens (primary N) is 1. The molecule has 2 aromatic rings. The minimum absolute atomic E-state index is 0. The molecule has 0 atom stereocenters. The molecule has 3 N–H and O–H groups in total. The zero-order chi connectivity index (χ0) is 15.9. The first-order chi connectivity index (χ1) is 10.5. The van der Waals surface area contributed by atoms with E-state index in [2.05, 4.69) is 10.3 Å². The van der Waals surface area contributed by atoms with Gasteiger partial charge in [-0.2, -0.15) is 0 Å². The van der Waals surface area contributed by atoms with E-state index in [1.807, 2.05) is 31.2 Å². The summed E-state index contributed by atoms with van der Waals surface area (Å²) in [6, 6.07) is 10.8. The van der Waals surface area contributed by atoms with Crippen LogP contribution in [0.15, 0.2) is 47.5 Å². The summed E-state index contributed by atoms with van der Waals surface area (Å²) in [5.41, 5.74) is 7.69. The van der Waals surface area contributed by atoms with Crippen LogP contribution in [0.1, 0.15) is 5.56 Å². The molecule has 0 spiro atoms. The predicted molar refractivity (Wildman–Crippen MR) is 98.6 cm³/mol. The van der Waals surface area contributed by atoms with Gasteiger partial charge in [0.05, 0.1) is 6.54 Å². The van der Waals surface area contributed by atoms with Crippen LogP contribution in [0.25, 0.3) is 0 Å². The molecule has 0 aromatic heterocycles. The number of rotatable bonds is 5. The number of nitrogens with one attached hydrogen (secondary N) is 1. The maximum absolute atomic E-state index is 13.3. The van der Waals surface area contributed by atoms with Gasteiger partial charge < -0.3 is 15.8 Å². The van der Waals surface area contributed by atoms with Gasteiger partial charge in [0.25, 0.3) is 0 Å². The first kappa shape index (κ1) is 19.1. The molecule has 7 heteroatoms. The highest BCUT2D eigenvalue weighted by atomic mass is 127. The molecule has 23 heavy (non-hydrogen) atoms. The van der Waals surface area contributed by atoms with Crippen LogP contribution in [0.3, 0.4) is 0 Å². The van der Waals surface area contributed by atoms with Crippen molar-refractivity contribution in [2.45, 2.75) is 6.92 Å². The van der Waals surface area contributed by atoms with Crippen LogP contribution in [-0.2, 0) is 0 Å². The van der Waals surface area contributed by atoms with Crippen molar-refractivity contribution in [2.24, 2.45) is 10.7 Å². The highest BCUT2D eigenvalue weighted by Gasteiger charge is 2.04. The molecule has 2 aromatic carbocycles. The second-order valence-corrected chi connectivity index (χ2v) is 4.68. The standard InChI is InChI=1S/C16H17F2N3O.HI/c1-11-3-2-4-13(9-11)21-16(19)20-7-8-22-15-6-5-12(17)10-14(15)18;/h2-6,9-10H,7-8H2,1H3,(H3,19,20,21);1H. The molecule has 0 unspecified atom stereocenters. The van der Waals surface area contributed by atoms with E-state index in [1.54, 1.807) is 0 Å². The van der Waals surface area contributed by atoms with Crippen LogP contribution in [0.5, 0.6) is 5.75 Å². The van der Waals surface area contributed by atoms with Crippen molar-refractivity contribution in [3.8, 4) is 5.75 Å². The van der Waals surface area contributed by atoms with Crippen LogP contribution in [0.4, 0.5) is 14.5 Å². The smallest absolute Gasteiger partial charge is 0.193 e. The minimum atomic E-state index is -0.741. The number of hydrogen-bond acceptors (Lipinski definition) is 2.